The van der Waals surface area contributed by atoms with Gasteiger partial charge in [0, 0.05) is 36.1 Å². The molecule has 0 aliphatic heterocycles. The topological polar surface area (TPSA) is 102 Å². The molecule has 1 heterocycles. The molecule has 1 aliphatic carbocycles. The first-order valence-electron chi connectivity index (χ1n) is 15.5. The summed E-state index contributed by atoms with van der Waals surface area (Å²) in [6, 6.07) is 18.3. The first-order chi connectivity index (χ1) is 21.9. The van der Waals surface area contributed by atoms with Crippen LogP contribution in [0.2, 0.25) is 0 Å². The van der Waals surface area contributed by atoms with Gasteiger partial charge in [0.1, 0.15) is 11.8 Å². The number of nitrogens with one attached hydrogen (secondary N) is 2. The second-order valence-corrected chi connectivity index (χ2v) is 11.4. The molecule has 45 heavy (non-hydrogen) atoms. The van der Waals surface area contributed by atoms with Crippen molar-refractivity contribution in [3.05, 3.63) is 83.6 Å². The average molecular weight is 614 g/mol. The van der Waals surface area contributed by atoms with Gasteiger partial charge in [-0.25, -0.2) is 0 Å². The molecule has 1 atom stereocenters. The maximum Gasteiger partial charge on any atom is 0.247 e. The number of benzene rings is 3. The number of methoxy groups -OCH3 is 4. The van der Waals surface area contributed by atoms with E-state index in [1.54, 1.807) is 38.4 Å². The Bertz CT molecular complexity index is 1570. The number of hydrogen-bond donors (Lipinski definition) is 2. The van der Waals surface area contributed by atoms with Gasteiger partial charge in [0.2, 0.25) is 17.6 Å². The smallest absolute Gasteiger partial charge is 0.247 e. The van der Waals surface area contributed by atoms with Crippen molar-refractivity contribution < 1.29 is 28.5 Å². The highest BCUT2D eigenvalue weighted by Gasteiger charge is 2.34. The first kappa shape index (κ1) is 31.8. The first-order valence-corrected chi connectivity index (χ1v) is 15.5. The van der Waals surface area contributed by atoms with Crippen molar-refractivity contribution in [2.45, 2.75) is 63.6 Å². The van der Waals surface area contributed by atoms with Gasteiger partial charge >= 0.3 is 0 Å². The summed E-state index contributed by atoms with van der Waals surface area (Å²) in [6.07, 6.45) is 7.83. The highest BCUT2D eigenvalue weighted by Crippen LogP contribution is 2.41. The predicted octanol–water partition coefficient (Wildman–Crippen LogP) is 6.35. The molecular weight excluding hydrogens is 570 g/mol. The standard InChI is InChI=1S/C36H43N3O6/c1-42-28-17-14-24(15-18-28)23-39(33(40)19-16-25-22-37-30-13-9-8-12-29(25)30)34(36(41)38-27-10-6-5-7-11-27)26-20-31(43-2)35(45-4)32(21-26)44-3/h8-9,12-15,17-18,20-22,27,34,37H,5-7,10-11,16,19,23H2,1-4H3,(H,38,41). The number of H-pyrrole nitrogens is 1. The van der Waals surface area contributed by atoms with Crippen molar-refractivity contribution in [3.8, 4) is 23.0 Å². The minimum atomic E-state index is -0.946. The van der Waals surface area contributed by atoms with Gasteiger partial charge < -0.3 is 34.1 Å². The van der Waals surface area contributed by atoms with Crippen molar-refractivity contribution >= 4 is 22.7 Å². The van der Waals surface area contributed by atoms with Gasteiger partial charge in [-0.1, -0.05) is 49.6 Å². The molecule has 5 rings (SSSR count). The molecule has 9 heteroatoms. The molecule has 238 valence electrons. The number of aromatic amines is 1. The highest BCUT2D eigenvalue weighted by molar-refractivity contribution is 5.90. The van der Waals surface area contributed by atoms with E-state index in [-0.39, 0.29) is 30.8 Å². The summed E-state index contributed by atoms with van der Waals surface area (Å²) in [5.74, 6) is 1.59. The predicted molar refractivity (Wildman–Crippen MR) is 174 cm³/mol. The molecule has 2 N–H and O–H groups in total. The molecule has 3 aromatic carbocycles. The normalized spacial score (nSPS) is 14.0. The molecule has 0 saturated heterocycles. The number of aryl methyl sites for hydroxylation is 1. The van der Waals surface area contributed by atoms with Crippen LogP contribution in [0.5, 0.6) is 23.0 Å². The minimum absolute atomic E-state index is 0.0555. The van der Waals surface area contributed by atoms with Gasteiger partial charge in [0.05, 0.1) is 28.4 Å². The van der Waals surface area contributed by atoms with E-state index in [1.807, 2.05) is 48.7 Å². The fraction of sp³-hybridized carbons (Fsp3) is 0.389. The average Bonchev–Trinajstić information content (AvgIpc) is 3.50. The van der Waals surface area contributed by atoms with Crippen LogP contribution in [0.25, 0.3) is 10.9 Å². The Kier molecular flexibility index (Phi) is 10.5. The van der Waals surface area contributed by atoms with Crippen molar-refractivity contribution in [2.24, 2.45) is 0 Å². The summed E-state index contributed by atoms with van der Waals surface area (Å²) in [6.45, 7) is 0.218. The summed E-state index contributed by atoms with van der Waals surface area (Å²) >= 11 is 0. The van der Waals surface area contributed by atoms with Gasteiger partial charge in [-0.15, -0.1) is 0 Å². The number of carbonyl (C=O) groups is 2. The van der Waals surface area contributed by atoms with Crippen LogP contribution in [0.1, 0.15) is 61.3 Å². The highest BCUT2D eigenvalue weighted by atomic mass is 16.5. The fourth-order valence-corrected chi connectivity index (χ4v) is 6.23. The quantitative estimate of drug-likeness (QED) is 0.182. The van der Waals surface area contributed by atoms with Crippen LogP contribution in [0, 0.1) is 0 Å². The van der Waals surface area contributed by atoms with Crippen molar-refractivity contribution in [2.75, 3.05) is 28.4 Å². The Morgan fingerprint density at radius 3 is 2.22 bits per heavy atom. The molecule has 1 aliphatic rings. The Balaban J connectivity index is 1.55. The molecule has 2 amide bonds. The lowest BCUT2D eigenvalue weighted by Crippen LogP contribution is -2.47. The zero-order chi connectivity index (χ0) is 31.8. The van der Waals surface area contributed by atoms with Crippen molar-refractivity contribution in [3.63, 3.8) is 0 Å². The van der Waals surface area contributed by atoms with E-state index in [4.69, 9.17) is 18.9 Å². The Morgan fingerprint density at radius 1 is 0.889 bits per heavy atom. The molecular formula is C36H43N3O6. The summed E-state index contributed by atoms with van der Waals surface area (Å²) in [5.41, 5.74) is 3.53. The fourth-order valence-electron chi connectivity index (χ4n) is 6.23. The molecule has 1 unspecified atom stereocenters. The second-order valence-electron chi connectivity index (χ2n) is 11.4. The Hall–Kier alpha value is -4.66. The van der Waals surface area contributed by atoms with Crippen LogP contribution >= 0.6 is 0 Å². The van der Waals surface area contributed by atoms with Gasteiger partial charge in [-0.2, -0.15) is 0 Å². The lowest BCUT2D eigenvalue weighted by Gasteiger charge is -2.34. The minimum Gasteiger partial charge on any atom is -0.497 e. The van der Waals surface area contributed by atoms with E-state index < -0.39 is 6.04 Å². The molecule has 0 bridgehead atoms. The Labute approximate surface area is 264 Å². The Morgan fingerprint density at radius 2 is 1.58 bits per heavy atom. The van der Waals surface area contributed by atoms with Gasteiger partial charge in [0.25, 0.3) is 0 Å². The number of rotatable bonds is 13. The number of fused-ring (bicyclic) bond motifs is 1. The van der Waals surface area contributed by atoms with Gasteiger partial charge in [-0.3, -0.25) is 9.59 Å². The lowest BCUT2D eigenvalue weighted by molar-refractivity contribution is -0.142. The largest absolute Gasteiger partial charge is 0.497 e. The number of nitrogens with zero attached hydrogens (tertiary/aromatic N) is 1. The summed E-state index contributed by atoms with van der Waals surface area (Å²) in [5, 5.41) is 4.37. The molecule has 9 nitrogen and oxygen atoms in total. The van der Waals surface area contributed by atoms with Crippen molar-refractivity contribution in [1.29, 1.82) is 0 Å². The van der Waals surface area contributed by atoms with E-state index >= 15 is 0 Å². The monoisotopic (exact) mass is 613 g/mol. The van der Waals surface area contributed by atoms with Crippen LogP contribution in [0.4, 0.5) is 0 Å². The number of amides is 2. The number of carbonyl (C=O) groups excluding carboxylic acids is 2. The van der Waals surface area contributed by atoms with Crippen LogP contribution in [0.3, 0.4) is 0 Å². The third kappa shape index (κ3) is 7.36. The lowest BCUT2D eigenvalue weighted by atomic mass is 9.94. The maximum absolute atomic E-state index is 14.4. The number of para-hydroxylation sites is 1. The van der Waals surface area contributed by atoms with E-state index in [9.17, 15) is 9.59 Å². The molecule has 0 radical (unpaired) electrons. The zero-order valence-corrected chi connectivity index (χ0v) is 26.6. The SMILES string of the molecule is COc1ccc(CN(C(=O)CCc2c[nH]c3ccccc23)C(C(=O)NC2CCCCC2)c2cc(OC)c(OC)c(OC)c2)cc1. The van der Waals surface area contributed by atoms with Crippen molar-refractivity contribution in [1.82, 2.24) is 15.2 Å². The second kappa shape index (κ2) is 14.9. The third-order valence-electron chi connectivity index (χ3n) is 8.63. The summed E-state index contributed by atoms with van der Waals surface area (Å²) in [7, 11) is 6.24. The van der Waals surface area contributed by atoms with Gasteiger partial charge in [-0.05, 0) is 66.3 Å². The summed E-state index contributed by atoms with van der Waals surface area (Å²) in [4.78, 5) is 33.7. The molecule has 1 saturated carbocycles. The van der Waals surface area contributed by atoms with E-state index in [1.165, 1.54) is 13.5 Å². The molecule has 0 spiro atoms. The van der Waals surface area contributed by atoms with E-state index in [0.29, 0.717) is 35.0 Å². The molecule has 1 fully saturated rings. The number of aromatic nitrogens is 1. The van der Waals surface area contributed by atoms with Crippen LogP contribution in [-0.2, 0) is 22.6 Å². The van der Waals surface area contributed by atoms with Crippen LogP contribution in [0.15, 0.2) is 66.9 Å². The zero-order valence-electron chi connectivity index (χ0n) is 26.6. The van der Waals surface area contributed by atoms with E-state index in [2.05, 4.69) is 16.4 Å². The van der Waals surface area contributed by atoms with Crippen LogP contribution < -0.4 is 24.3 Å². The van der Waals surface area contributed by atoms with Crippen LogP contribution in [-0.4, -0.2) is 56.2 Å². The summed E-state index contributed by atoms with van der Waals surface area (Å²) < 4.78 is 22.3. The number of ether oxygens (including phenoxy) is 4. The molecule has 1 aromatic heterocycles. The van der Waals surface area contributed by atoms with Gasteiger partial charge in [0.15, 0.2) is 11.5 Å². The molecule has 4 aromatic rings. The maximum atomic E-state index is 14.4. The van der Waals surface area contributed by atoms with E-state index in [0.717, 1.165) is 47.7 Å². The number of hydrogen-bond acceptors (Lipinski definition) is 6. The third-order valence-corrected chi connectivity index (χ3v) is 8.63.